The summed E-state index contributed by atoms with van der Waals surface area (Å²) in [6.07, 6.45) is 3.45. The fourth-order valence-electron chi connectivity index (χ4n) is 2.35. The summed E-state index contributed by atoms with van der Waals surface area (Å²) in [5.41, 5.74) is 2.13. The van der Waals surface area contributed by atoms with E-state index in [0.717, 1.165) is 17.8 Å². The molecular formula is C16H23N5O3. The van der Waals surface area contributed by atoms with E-state index in [1.807, 2.05) is 31.6 Å². The summed E-state index contributed by atoms with van der Waals surface area (Å²) in [6.45, 7) is 9.09. The molecule has 0 aliphatic carbocycles. The molecule has 2 heterocycles. The van der Waals surface area contributed by atoms with Crippen molar-refractivity contribution in [2.75, 3.05) is 6.54 Å². The van der Waals surface area contributed by atoms with E-state index in [-0.39, 0.29) is 11.6 Å². The lowest BCUT2D eigenvalue weighted by Gasteiger charge is -2.19. The van der Waals surface area contributed by atoms with Crippen LogP contribution in [0.1, 0.15) is 48.6 Å². The predicted molar refractivity (Wildman–Crippen MR) is 87.6 cm³/mol. The maximum absolute atomic E-state index is 12.6. The van der Waals surface area contributed by atoms with Gasteiger partial charge in [-0.05, 0) is 33.8 Å². The lowest BCUT2D eigenvalue weighted by Crippen LogP contribution is -2.31. The molecular weight excluding hydrogens is 310 g/mol. The van der Waals surface area contributed by atoms with E-state index in [4.69, 9.17) is 5.11 Å². The lowest BCUT2D eigenvalue weighted by molar-refractivity contribution is -0.140. The van der Waals surface area contributed by atoms with Gasteiger partial charge in [-0.2, -0.15) is 10.2 Å². The van der Waals surface area contributed by atoms with Crippen molar-refractivity contribution in [1.29, 1.82) is 0 Å². The largest absolute Gasteiger partial charge is 0.480 e. The van der Waals surface area contributed by atoms with E-state index in [1.165, 1.54) is 17.8 Å². The first kappa shape index (κ1) is 17.7. The highest BCUT2D eigenvalue weighted by Gasteiger charge is 2.21. The zero-order chi connectivity index (χ0) is 17.9. The number of hydrogen-bond acceptors (Lipinski definition) is 4. The molecule has 130 valence electrons. The first-order valence-electron chi connectivity index (χ1n) is 7.97. The van der Waals surface area contributed by atoms with Crippen LogP contribution < -0.4 is 0 Å². The summed E-state index contributed by atoms with van der Waals surface area (Å²) >= 11 is 0. The molecule has 1 unspecified atom stereocenters. The SMILES string of the molecule is CCN(Cc1cn(CC)nc1C)C(=O)c1ccn(C(C)C(=O)O)n1. The monoisotopic (exact) mass is 333 g/mol. The molecule has 2 aromatic heterocycles. The van der Waals surface area contributed by atoms with Crippen molar-refractivity contribution in [2.24, 2.45) is 0 Å². The van der Waals surface area contributed by atoms with Crippen LogP contribution in [0.2, 0.25) is 0 Å². The Morgan fingerprint density at radius 2 is 2.04 bits per heavy atom. The van der Waals surface area contributed by atoms with Gasteiger partial charge >= 0.3 is 5.97 Å². The number of aromatic nitrogens is 4. The Balaban J connectivity index is 2.16. The number of aliphatic carboxylic acids is 1. The third kappa shape index (κ3) is 3.64. The van der Waals surface area contributed by atoms with Gasteiger partial charge < -0.3 is 10.0 Å². The minimum Gasteiger partial charge on any atom is -0.480 e. The fourth-order valence-corrected chi connectivity index (χ4v) is 2.35. The number of amides is 1. The van der Waals surface area contributed by atoms with E-state index in [1.54, 1.807) is 11.0 Å². The van der Waals surface area contributed by atoms with Gasteiger partial charge in [-0.25, -0.2) is 4.79 Å². The number of carboxylic acid groups (broad SMARTS) is 1. The highest BCUT2D eigenvalue weighted by Crippen LogP contribution is 2.13. The highest BCUT2D eigenvalue weighted by molar-refractivity contribution is 5.92. The first-order chi connectivity index (χ1) is 11.4. The second-order valence-electron chi connectivity index (χ2n) is 5.61. The number of aryl methyl sites for hydroxylation is 2. The minimum atomic E-state index is -0.993. The molecule has 2 aromatic rings. The molecule has 1 atom stereocenters. The van der Waals surface area contributed by atoms with Crippen LogP contribution in [0.3, 0.4) is 0 Å². The lowest BCUT2D eigenvalue weighted by atomic mass is 10.2. The molecule has 0 bridgehead atoms. The standard InChI is InChI=1S/C16H23N5O3/c1-5-19(9-13-10-20(6-2)17-11(13)3)15(22)14-7-8-21(18-14)12(4)16(23)24/h7-8,10,12H,5-6,9H2,1-4H3,(H,23,24). The molecule has 8 nitrogen and oxygen atoms in total. The van der Waals surface area contributed by atoms with Crippen molar-refractivity contribution in [3.63, 3.8) is 0 Å². The van der Waals surface area contributed by atoms with Gasteiger partial charge in [0, 0.05) is 37.6 Å². The number of carboxylic acids is 1. The van der Waals surface area contributed by atoms with Crippen molar-refractivity contribution in [1.82, 2.24) is 24.5 Å². The molecule has 24 heavy (non-hydrogen) atoms. The Morgan fingerprint density at radius 3 is 2.58 bits per heavy atom. The number of carbonyl (C=O) groups excluding carboxylic acids is 1. The maximum Gasteiger partial charge on any atom is 0.328 e. The Bertz CT molecular complexity index is 734. The third-order valence-corrected chi connectivity index (χ3v) is 3.98. The average molecular weight is 333 g/mol. The fraction of sp³-hybridized carbons (Fsp3) is 0.500. The predicted octanol–water partition coefficient (Wildman–Crippen LogP) is 1.72. The first-order valence-corrected chi connectivity index (χ1v) is 7.97. The van der Waals surface area contributed by atoms with E-state index in [9.17, 15) is 9.59 Å². The number of rotatable bonds is 7. The van der Waals surface area contributed by atoms with E-state index in [2.05, 4.69) is 10.2 Å². The maximum atomic E-state index is 12.6. The van der Waals surface area contributed by atoms with Crippen molar-refractivity contribution in [2.45, 2.75) is 46.8 Å². The van der Waals surface area contributed by atoms with Gasteiger partial charge in [-0.15, -0.1) is 0 Å². The molecule has 0 aliphatic rings. The van der Waals surface area contributed by atoms with Crippen LogP contribution in [0.15, 0.2) is 18.5 Å². The molecule has 0 spiro atoms. The number of carbonyl (C=O) groups is 2. The van der Waals surface area contributed by atoms with Crippen LogP contribution in [0.5, 0.6) is 0 Å². The Hall–Kier alpha value is -2.64. The molecule has 0 saturated carbocycles. The number of nitrogens with zero attached hydrogens (tertiary/aromatic N) is 5. The summed E-state index contributed by atoms with van der Waals surface area (Å²) in [4.78, 5) is 25.3. The van der Waals surface area contributed by atoms with Crippen molar-refractivity contribution < 1.29 is 14.7 Å². The van der Waals surface area contributed by atoms with Crippen LogP contribution in [0.25, 0.3) is 0 Å². The minimum absolute atomic E-state index is 0.225. The second-order valence-corrected chi connectivity index (χ2v) is 5.61. The van der Waals surface area contributed by atoms with Gasteiger partial charge in [-0.1, -0.05) is 0 Å². The van der Waals surface area contributed by atoms with Crippen LogP contribution in [0.4, 0.5) is 0 Å². The third-order valence-electron chi connectivity index (χ3n) is 3.98. The van der Waals surface area contributed by atoms with Gasteiger partial charge in [0.25, 0.3) is 5.91 Å². The van der Waals surface area contributed by atoms with Crippen molar-refractivity contribution in [3.05, 3.63) is 35.4 Å². The summed E-state index contributed by atoms with van der Waals surface area (Å²) in [7, 11) is 0. The van der Waals surface area contributed by atoms with Crippen molar-refractivity contribution >= 4 is 11.9 Å². The van der Waals surface area contributed by atoms with Crippen LogP contribution in [-0.4, -0.2) is 48.0 Å². The summed E-state index contributed by atoms with van der Waals surface area (Å²) in [5, 5.41) is 17.5. The van der Waals surface area contributed by atoms with E-state index in [0.29, 0.717) is 13.1 Å². The molecule has 0 aliphatic heterocycles. The van der Waals surface area contributed by atoms with Gasteiger partial charge in [0.1, 0.15) is 11.7 Å². The van der Waals surface area contributed by atoms with Crippen molar-refractivity contribution in [3.8, 4) is 0 Å². The summed E-state index contributed by atoms with van der Waals surface area (Å²) in [5.74, 6) is -1.22. The van der Waals surface area contributed by atoms with E-state index < -0.39 is 12.0 Å². The summed E-state index contributed by atoms with van der Waals surface area (Å²) in [6, 6.07) is 0.735. The molecule has 0 saturated heterocycles. The molecule has 0 fully saturated rings. The molecule has 0 radical (unpaired) electrons. The second kappa shape index (κ2) is 7.29. The highest BCUT2D eigenvalue weighted by atomic mass is 16.4. The molecule has 1 N–H and O–H groups in total. The molecule has 8 heteroatoms. The summed E-state index contributed by atoms with van der Waals surface area (Å²) < 4.78 is 3.12. The zero-order valence-electron chi connectivity index (χ0n) is 14.4. The van der Waals surface area contributed by atoms with Crippen LogP contribution in [0, 0.1) is 6.92 Å². The Kier molecular flexibility index (Phi) is 5.38. The quantitative estimate of drug-likeness (QED) is 0.832. The zero-order valence-corrected chi connectivity index (χ0v) is 14.4. The topological polar surface area (TPSA) is 93.2 Å². The number of hydrogen-bond donors (Lipinski definition) is 1. The Morgan fingerprint density at radius 1 is 1.33 bits per heavy atom. The molecule has 2 rings (SSSR count). The van der Waals surface area contributed by atoms with Crippen LogP contribution >= 0.6 is 0 Å². The van der Waals surface area contributed by atoms with Crippen LogP contribution in [-0.2, 0) is 17.9 Å². The molecule has 1 amide bonds. The van der Waals surface area contributed by atoms with Gasteiger partial charge in [-0.3, -0.25) is 14.2 Å². The normalized spacial score (nSPS) is 12.2. The van der Waals surface area contributed by atoms with Gasteiger partial charge in [0.15, 0.2) is 0 Å². The molecule has 0 aromatic carbocycles. The van der Waals surface area contributed by atoms with E-state index >= 15 is 0 Å². The Labute approximate surface area is 140 Å². The smallest absolute Gasteiger partial charge is 0.328 e. The van der Waals surface area contributed by atoms with Gasteiger partial charge in [0.2, 0.25) is 0 Å². The average Bonchev–Trinajstić information content (AvgIpc) is 3.18. The van der Waals surface area contributed by atoms with Gasteiger partial charge in [0.05, 0.1) is 5.69 Å².